The smallest absolute Gasteiger partial charge is 0.341 e. The van der Waals surface area contributed by atoms with E-state index in [0.717, 1.165) is 10.8 Å². The minimum absolute atomic E-state index is 0.0585. The van der Waals surface area contributed by atoms with Crippen LogP contribution in [0.15, 0.2) is 36.4 Å². The van der Waals surface area contributed by atoms with E-state index >= 15 is 0 Å². The predicted octanol–water partition coefficient (Wildman–Crippen LogP) is 3.28. The Morgan fingerprint density at radius 3 is 2.32 bits per heavy atom. The second kappa shape index (κ2) is 10.3. The number of anilines is 1. The molecule has 2 aromatic carbocycles. The first-order valence-electron chi connectivity index (χ1n) is 9.40. The molecule has 150 valence electrons. The molecule has 0 aliphatic carbocycles. The van der Waals surface area contributed by atoms with Gasteiger partial charge in [0.05, 0.1) is 0 Å². The third kappa shape index (κ3) is 5.70. The molecular weight excluding hydrogens is 360 g/mol. The number of hydrogen-bond acceptors (Lipinski definition) is 4. The molecule has 0 aliphatic heterocycles. The maximum atomic E-state index is 12.3. The SMILES string of the molecule is CCN(CC)C(=O)CCCC(=O)Nc1ccc(OCC(=O)O)c2ccccc12. The van der Waals surface area contributed by atoms with Gasteiger partial charge >= 0.3 is 5.97 Å². The van der Waals surface area contributed by atoms with Gasteiger partial charge in [-0.25, -0.2) is 4.79 Å². The van der Waals surface area contributed by atoms with Gasteiger partial charge in [0.2, 0.25) is 11.8 Å². The van der Waals surface area contributed by atoms with Crippen LogP contribution in [0.2, 0.25) is 0 Å². The summed E-state index contributed by atoms with van der Waals surface area (Å²) < 4.78 is 5.32. The average molecular weight is 386 g/mol. The number of benzene rings is 2. The normalized spacial score (nSPS) is 10.5. The number of rotatable bonds is 10. The van der Waals surface area contributed by atoms with Gasteiger partial charge in [0.15, 0.2) is 6.61 Å². The van der Waals surface area contributed by atoms with Gasteiger partial charge in [-0.3, -0.25) is 9.59 Å². The van der Waals surface area contributed by atoms with Gasteiger partial charge < -0.3 is 20.1 Å². The van der Waals surface area contributed by atoms with Crippen molar-refractivity contribution in [2.24, 2.45) is 0 Å². The number of fused-ring (bicyclic) bond motifs is 1. The Kier molecular flexibility index (Phi) is 7.80. The summed E-state index contributed by atoms with van der Waals surface area (Å²) in [5, 5.41) is 13.2. The van der Waals surface area contributed by atoms with E-state index < -0.39 is 12.6 Å². The first-order chi connectivity index (χ1) is 13.5. The summed E-state index contributed by atoms with van der Waals surface area (Å²) in [6.45, 7) is 4.77. The molecule has 7 nitrogen and oxygen atoms in total. The maximum absolute atomic E-state index is 12.3. The lowest BCUT2D eigenvalue weighted by Gasteiger charge is -2.18. The van der Waals surface area contributed by atoms with E-state index in [1.807, 2.05) is 38.1 Å². The average Bonchev–Trinajstić information content (AvgIpc) is 2.68. The molecule has 0 radical (unpaired) electrons. The molecule has 28 heavy (non-hydrogen) atoms. The molecule has 0 aliphatic rings. The van der Waals surface area contributed by atoms with Crippen molar-refractivity contribution in [2.75, 3.05) is 25.0 Å². The molecule has 0 spiro atoms. The fraction of sp³-hybridized carbons (Fsp3) is 0.381. The topological polar surface area (TPSA) is 95.9 Å². The van der Waals surface area contributed by atoms with Crippen LogP contribution in [0, 0.1) is 0 Å². The number of carboxylic acids is 1. The van der Waals surface area contributed by atoms with Gasteiger partial charge in [-0.15, -0.1) is 0 Å². The van der Waals surface area contributed by atoms with Crippen LogP contribution in [0.3, 0.4) is 0 Å². The first-order valence-corrected chi connectivity index (χ1v) is 9.40. The molecule has 0 saturated heterocycles. The molecule has 0 fully saturated rings. The molecule has 0 bridgehead atoms. The Bertz CT molecular complexity index is 846. The number of nitrogens with zero attached hydrogens (tertiary/aromatic N) is 1. The van der Waals surface area contributed by atoms with Gasteiger partial charge in [-0.05, 0) is 32.4 Å². The summed E-state index contributed by atoms with van der Waals surface area (Å²) in [5.41, 5.74) is 0.623. The Morgan fingerprint density at radius 1 is 1.00 bits per heavy atom. The van der Waals surface area contributed by atoms with Crippen LogP contribution in [0.1, 0.15) is 33.1 Å². The summed E-state index contributed by atoms with van der Waals surface area (Å²) in [5.74, 6) is -0.721. The second-order valence-electron chi connectivity index (χ2n) is 6.31. The van der Waals surface area contributed by atoms with Gasteiger partial charge in [0.1, 0.15) is 5.75 Å². The monoisotopic (exact) mass is 386 g/mol. The zero-order chi connectivity index (χ0) is 20.5. The molecule has 2 amide bonds. The standard InChI is InChI=1S/C21H26N2O5/c1-3-23(4-2)20(25)11-7-10-19(24)22-17-12-13-18(28-14-21(26)27)16-9-6-5-8-15(16)17/h5-6,8-9,12-13H,3-4,7,10-11,14H2,1-2H3,(H,22,24)(H,26,27). The van der Waals surface area contributed by atoms with E-state index in [-0.39, 0.29) is 18.2 Å². The number of amides is 2. The molecule has 0 heterocycles. The maximum Gasteiger partial charge on any atom is 0.341 e. The number of ether oxygens (including phenoxy) is 1. The summed E-state index contributed by atoms with van der Waals surface area (Å²) in [6.07, 6.45) is 1.08. The van der Waals surface area contributed by atoms with E-state index in [1.165, 1.54) is 0 Å². The highest BCUT2D eigenvalue weighted by Crippen LogP contribution is 2.31. The van der Waals surface area contributed by atoms with E-state index in [0.29, 0.717) is 37.4 Å². The summed E-state index contributed by atoms with van der Waals surface area (Å²) in [4.78, 5) is 36.8. The van der Waals surface area contributed by atoms with Crippen molar-refractivity contribution in [1.29, 1.82) is 0 Å². The van der Waals surface area contributed by atoms with Crippen molar-refractivity contribution in [1.82, 2.24) is 4.90 Å². The predicted molar refractivity (Wildman–Crippen MR) is 107 cm³/mol. The van der Waals surface area contributed by atoms with Crippen molar-refractivity contribution in [3.8, 4) is 5.75 Å². The quantitative estimate of drug-likeness (QED) is 0.653. The van der Waals surface area contributed by atoms with E-state index in [4.69, 9.17) is 9.84 Å². The van der Waals surface area contributed by atoms with Crippen LogP contribution in [-0.4, -0.2) is 47.5 Å². The van der Waals surface area contributed by atoms with E-state index in [9.17, 15) is 14.4 Å². The van der Waals surface area contributed by atoms with Gasteiger partial charge in [-0.1, -0.05) is 24.3 Å². The number of carboxylic acid groups (broad SMARTS) is 1. The fourth-order valence-electron chi connectivity index (χ4n) is 2.99. The van der Waals surface area contributed by atoms with Crippen LogP contribution in [0.25, 0.3) is 10.8 Å². The number of hydrogen-bond donors (Lipinski definition) is 2. The summed E-state index contributed by atoms with van der Waals surface area (Å²) in [6, 6.07) is 10.6. The minimum atomic E-state index is -1.05. The van der Waals surface area contributed by atoms with E-state index in [2.05, 4.69) is 5.32 Å². The summed E-state index contributed by atoms with van der Waals surface area (Å²) in [7, 11) is 0. The lowest BCUT2D eigenvalue weighted by Crippen LogP contribution is -2.30. The number of aliphatic carboxylic acids is 1. The Morgan fingerprint density at radius 2 is 1.68 bits per heavy atom. The molecule has 2 aromatic rings. The zero-order valence-corrected chi connectivity index (χ0v) is 16.2. The Labute approximate surface area is 164 Å². The molecular formula is C21H26N2O5. The summed E-state index contributed by atoms with van der Waals surface area (Å²) >= 11 is 0. The third-order valence-corrected chi connectivity index (χ3v) is 4.42. The molecule has 2 N–H and O–H groups in total. The number of nitrogens with one attached hydrogen (secondary N) is 1. The lowest BCUT2D eigenvalue weighted by atomic mass is 10.1. The van der Waals surface area contributed by atoms with Gasteiger partial charge in [0.25, 0.3) is 0 Å². The zero-order valence-electron chi connectivity index (χ0n) is 16.2. The van der Waals surface area contributed by atoms with Crippen molar-refractivity contribution >= 4 is 34.2 Å². The third-order valence-electron chi connectivity index (χ3n) is 4.42. The van der Waals surface area contributed by atoms with Crippen molar-refractivity contribution < 1.29 is 24.2 Å². The Hall–Kier alpha value is -3.09. The Balaban J connectivity index is 2.02. The highest BCUT2D eigenvalue weighted by atomic mass is 16.5. The molecule has 7 heteroatoms. The molecule has 0 atom stereocenters. The van der Waals surface area contributed by atoms with Crippen molar-refractivity contribution in [3.05, 3.63) is 36.4 Å². The van der Waals surface area contributed by atoms with Gasteiger partial charge in [-0.2, -0.15) is 0 Å². The van der Waals surface area contributed by atoms with Crippen LogP contribution in [0.5, 0.6) is 5.75 Å². The van der Waals surface area contributed by atoms with Crippen molar-refractivity contribution in [2.45, 2.75) is 33.1 Å². The number of carbonyl (C=O) groups is 3. The van der Waals surface area contributed by atoms with Crippen LogP contribution < -0.4 is 10.1 Å². The van der Waals surface area contributed by atoms with Gasteiger partial charge in [0, 0.05) is 42.4 Å². The fourth-order valence-corrected chi connectivity index (χ4v) is 2.99. The van der Waals surface area contributed by atoms with Crippen molar-refractivity contribution in [3.63, 3.8) is 0 Å². The largest absolute Gasteiger partial charge is 0.481 e. The van der Waals surface area contributed by atoms with Crippen LogP contribution >= 0.6 is 0 Å². The number of carbonyl (C=O) groups excluding carboxylic acids is 2. The lowest BCUT2D eigenvalue weighted by molar-refractivity contribution is -0.139. The highest BCUT2D eigenvalue weighted by Gasteiger charge is 2.13. The second-order valence-corrected chi connectivity index (χ2v) is 6.31. The first kappa shape index (κ1) is 21.2. The van der Waals surface area contributed by atoms with E-state index in [1.54, 1.807) is 17.0 Å². The van der Waals surface area contributed by atoms with Crippen LogP contribution in [0.4, 0.5) is 5.69 Å². The minimum Gasteiger partial charge on any atom is -0.481 e. The molecule has 2 rings (SSSR count). The molecule has 0 saturated carbocycles. The van der Waals surface area contributed by atoms with Crippen LogP contribution in [-0.2, 0) is 14.4 Å². The highest BCUT2D eigenvalue weighted by molar-refractivity contribution is 6.04. The molecule has 0 aromatic heterocycles. The molecule has 0 unspecified atom stereocenters.